The minimum Gasteiger partial charge on any atom is -0.482 e. The molecule has 41 heavy (non-hydrogen) atoms. The Bertz CT molecular complexity index is 1350. The van der Waals surface area contributed by atoms with E-state index in [2.05, 4.69) is 0 Å². The van der Waals surface area contributed by atoms with Crippen LogP contribution in [0.3, 0.4) is 0 Å². The van der Waals surface area contributed by atoms with E-state index in [1.54, 1.807) is 72.8 Å². The maximum atomic E-state index is 12.4. The molecule has 0 radical (unpaired) electrons. The molecule has 4 aromatic carbocycles. The van der Waals surface area contributed by atoms with Gasteiger partial charge in [-0.15, -0.1) is 0 Å². The number of halogens is 1. The summed E-state index contributed by atoms with van der Waals surface area (Å²) < 4.78 is 17.3. The number of carboxylic acids is 4. The van der Waals surface area contributed by atoms with Crippen molar-refractivity contribution < 1.29 is 48.7 Å². The van der Waals surface area contributed by atoms with Gasteiger partial charge in [0.1, 0.15) is 11.6 Å². The number of hydrogen-bond donors (Lipinski definition) is 4. The number of carbonyl (C=O) groups is 4. The van der Waals surface area contributed by atoms with E-state index < -0.39 is 29.7 Å². The topological polar surface area (TPSA) is 158 Å². The number of aromatic carboxylic acids is 1. The summed E-state index contributed by atoms with van der Waals surface area (Å²) in [6, 6.07) is 31.8. The molecule has 0 saturated carbocycles. The number of rotatable bonds is 8. The van der Waals surface area contributed by atoms with Gasteiger partial charge in [0, 0.05) is 0 Å². The van der Waals surface area contributed by atoms with E-state index in [9.17, 15) is 23.6 Å². The van der Waals surface area contributed by atoms with Gasteiger partial charge in [-0.25, -0.2) is 14.0 Å². The average molecular weight is 565 g/mol. The maximum Gasteiger partial charge on any atom is 0.341 e. The normalized spacial score (nSPS) is 9.20. The molecule has 214 valence electrons. The van der Waals surface area contributed by atoms with E-state index in [1.807, 2.05) is 24.3 Å². The Balaban J connectivity index is 0.000000274. The van der Waals surface area contributed by atoms with E-state index in [0.29, 0.717) is 16.9 Å². The number of carboxylic acid groups (broad SMARTS) is 4. The molecular weight excluding hydrogens is 535 g/mol. The van der Waals surface area contributed by atoms with Crippen LogP contribution in [0.15, 0.2) is 115 Å². The van der Waals surface area contributed by atoms with Gasteiger partial charge in [-0.3, -0.25) is 9.59 Å². The molecule has 0 bridgehead atoms. The van der Waals surface area contributed by atoms with Crippen molar-refractivity contribution in [3.05, 3.63) is 138 Å². The summed E-state index contributed by atoms with van der Waals surface area (Å²) in [6.07, 6.45) is -0.0153. The first-order chi connectivity index (χ1) is 19.6. The first-order valence-electron chi connectivity index (χ1n) is 12.0. The Kier molecular flexibility index (Phi) is 16.0. The molecular formula is C31H29FO9. The smallest absolute Gasteiger partial charge is 0.341 e. The van der Waals surface area contributed by atoms with Crippen molar-refractivity contribution in [3.8, 4) is 5.75 Å². The molecule has 0 unspecified atom stereocenters. The third-order valence-electron chi connectivity index (χ3n) is 4.57. The van der Waals surface area contributed by atoms with Crippen LogP contribution in [0.4, 0.5) is 4.39 Å². The van der Waals surface area contributed by atoms with Gasteiger partial charge in [0.2, 0.25) is 0 Å². The van der Waals surface area contributed by atoms with E-state index in [0.717, 1.165) is 5.56 Å². The first kappa shape index (κ1) is 33.5. The van der Waals surface area contributed by atoms with Gasteiger partial charge in [-0.1, -0.05) is 78.9 Å². The van der Waals surface area contributed by atoms with Crippen LogP contribution in [0, 0.1) is 5.82 Å². The maximum absolute atomic E-state index is 12.4. The molecule has 0 aliphatic rings. The van der Waals surface area contributed by atoms with Crippen molar-refractivity contribution in [2.45, 2.75) is 12.8 Å². The van der Waals surface area contributed by atoms with Crippen molar-refractivity contribution in [3.63, 3.8) is 0 Å². The standard InChI is InChI=1S/C8H7FO2.C8H8O3.C8H8O2.C7H6O2/c9-7-3-1-2-6(4-7)5-8(10)11;9-8(10)6-11-7-4-2-1-3-5-7;9-8(10)6-7-4-2-1-3-5-7;8-7(9)6-4-2-1-3-5-6/h1-4H,5H2,(H,10,11);1-5H,6H2,(H,9,10);1-5H,6H2,(H,9,10);1-5H,(H,8,9). The molecule has 0 aromatic heterocycles. The summed E-state index contributed by atoms with van der Waals surface area (Å²) in [7, 11) is 0. The second-order valence-corrected chi connectivity index (χ2v) is 7.92. The van der Waals surface area contributed by atoms with E-state index in [4.69, 9.17) is 25.2 Å². The molecule has 0 saturated heterocycles. The minimum atomic E-state index is -0.964. The van der Waals surface area contributed by atoms with Gasteiger partial charge in [-0.2, -0.15) is 0 Å². The van der Waals surface area contributed by atoms with Gasteiger partial charge < -0.3 is 25.2 Å². The fourth-order valence-electron chi connectivity index (χ4n) is 2.83. The number of para-hydroxylation sites is 1. The second kappa shape index (κ2) is 19.5. The van der Waals surface area contributed by atoms with Gasteiger partial charge in [0.15, 0.2) is 6.61 Å². The van der Waals surface area contributed by atoms with Crippen LogP contribution >= 0.6 is 0 Å². The third-order valence-corrected chi connectivity index (χ3v) is 4.57. The molecule has 0 spiro atoms. The highest BCUT2D eigenvalue weighted by molar-refractivity contribution is 5.87. The van der Waals surface area contributed by atoms with Crippen LogP contribution in [0.1, 0.15) is 21.5 Å². The highest BCUT2D eigenvalue weighted by atomic mass is 19.1. The molecule has 0 heterocycles. The lowest BCUT2D eigenvalue weighted by atomic mass is 10.1. The zero-order valence-corrected chi connectivity index (χ0v) is 21.8. The van der Waals surface area contributed by atoms with Gasteiger partial charge in [0.05, 0.1) is 18.4 Å². The summed E-state index contributed by atoms with van der Waals surface area (Å²) in [5.41, 5.74) is 1.66. The Labute approximate surface area is 235 Å². The van der Waals surface area contributed by atoms with Crippen molar-refractivity contribution >= 4 is 23.9 Å². The van der Waals surface area contributed by atoms with Crippen LogP contribution in [0.5, 0.6) is 5.75 Å². The Morgan fingerprint density at radius 1 is 0.561 bits per heavy atom. The van der Waals surface area contributed by atoms with E-state index in [1.165, 1.54) is 18.2 Å². The summed E-state index contributed by atoms with van der Waals surface area (Å²) in [4.78, 5) is 40.6. The summed E-state index contributed by atoms with van der Waals surface area (Å²) in [5.74, 6) is -3.40. The summed E-state index contributed by atoms with van der Waals surface area (Å²) in [5, 5.41) is 33.3. The monoisotopic (exact) mass is 564 g/mol. The van der Waals surface area contributed by atoms with Crippen molar-refractivity contribution in [1.82, 2.24) is 0 Å². The molecule has 0 atom stereocenters. The van der Waals surface area contributed by atoms with E-state index in [-0.39, 0.29) is 19.4 Å². The zero-order valence-electron chi connectivity index (χ0n) is 21.8. The van der Waals surface area contributed by atoms with Crippen LogP contribution in [0.2, 0.25) is 0 Å². The third kappa shape index (κ3) is 17.6. The Hall–Kier alpha value is -5.51. The Morgan fingerprint density at radius 3 is 1.46 bits per heavy atom. The predicted octanol–water partition coefficient (Wildman–Crippen LogP) is 5.30. The number of hydrogen-bond acceptors (Lipinski definition) is 5. The zero-order chi connectivity index (χ0) is 30.5. The molecule has 0 fully saturated rings. The summed E-state index contributed by atoms with van der Waals surface area (Å²) in [6.45, 7) is -0.288. The van der Waals surface area contributed by atoms with Crippen molar-refractivity contribution in [2.75, 3.05) is 6.61 Å². The Morgan fingerprint density at radius 2 is 1.02 bits per heavy atom. The molecule has 4 aromatic rings. The van der Waals surface area contributed by atoms with Crippen molar-refractivity contribution in [1.29, 1.82) is 0 Å². The average Bonchev–Trinajstić information content (AvgIpc) is 2.94. The lowest BCUT2D eigenvalue weighted by molar-refractivity contribution is -0.139. The van der Waals surface area contributed by atoms with Gasteiger partial charge >= 0.3 is 23.9 Å². The number of ether oxygens (including phenoxy) is 1. The minimum absolute atomic E-state index is 0.112. The predicted molar refractivity (Wildman–Crippen MR) is 148 cm³/mol. The van der Waals surface area contributed by atoms with Gasteiger partial charge in [-0.05, 0) is 47.5 Å². The molecule has 0 amide bonds. The lowest BCUT2D eigenvalue weighted by Gasteiger charge is -2.00. The van der Waals surface area contributed by atoms with Crippen LogP contribution in [-0.4, -0.2) is 50.9 Å². The highest BCUT2D eigenvalue weighted by Gasteiger charge is 2.00. The number of aliphatic carboxylic acids is 3. The highest BCUT2D eigenvalue weighted by Crippen LogP contribution is 2.07. The van der Waals surface area contributed by atoms with Crippen LogP contribution in [-0.2, 0) is 27.2 Å². The first-order valence-corrected chi connectivity index (χ1v) is 12.0. The molecule has 4 N–H and O–H groups in total. The fraction of sp³-hybridized carbons (Fsp3) is 0.0968. The van der Waals surface area contributed by atoms with Crippen LogP contribution in [0.25, 0.3) is 0 Å². The van der Waals surface area contributed by atoms with E-state index >= 15 is 0 Å². The molecule has 9 nitrogen and oxygen atoms in total. The van der Waals surface area contributed by atoms with Crippen LogP contribution < -0.4 is 4.74 Å². The SMILES string of the molecule is O=C(O)COc1ccccc1.O=C(O)Cc1cccc(F)c1.O=C(O)Cc1ccccc1.O=C(O)c1ccccc1. The summed E-state index contributed by atoms with van der Waals surface area (Å²) >= 11 is 0. The number of benzene rings is 4. The van der Waals surface area contributed by atoms with Crippen molar-refractivity contribution in [2.24, 2.45) is 0 Å². The molecule has 10 heteroatoms. The molecule has 0 aliphatic heterocycles. The largest absolute Gasteiger partial charge is 0.482 e. The molecule has 0 aliphatic carbocycles. The van der Waals surface area contributed by atoms with Gasteiger partial charge in [0.25, 0.3) is 0 Å². The fourth-order valence-corrected chi connectivity index (χ4v) is 2.83. The quantitative estimate of drug-likeness (QED) is 0.223. The second-order valence-electron chi connectivity index (χ2n) is 7.92. The lowest BCUT2D eigenvalue weighted by Crippen LogP contribution is -2.09. The molecule has 4 rings (SSSR count).